The lowest BCUT2D eigenvalue weighted by molar-refractivity contribution is -0.341. The van der Waals surface area contributed by atoms with Gasteiger partial charge in [-0.15, -0.1) is 0 Å². The van der Waals surface area contributed by atoms with Crippen molar-refractivity contribution in [3.63, 3.8) is 0 Å². The average molecular weight is 549 g/mol. The Kier molecular flexibility index (Phi) is 6.02. The van der Waals surface area contributed by atoms with Crippen molar-refractivity contribution in [1.82, 2.24) is 0 Å². The Morgan fingerprint density at radius 1 is 0.824 bits per heavy atom. The van der Waals surface area contributed by atoms with Gasteiger partial charge in [0.2, 0.25) is 0 Å². The topological polar surface area (TPSA) is 37.3 Å². The first kappa shape index (κ1) is 27.9. The highest BCUT2D eigenvalue weighted by molar-refractivity contribution is 6.30. The number of carbonyl (C=O) groups excluding carboxylic acids is 1. The third-order valence-electron chi connectivity index (χ3n) is 4.83. The molecule has 1 fully saturated rings. The van der Waals surface area contributed by atoms with E-state index in [1.54, 1.807) is 0 Å². The van der Waals surface area contributed by atoms with Crippen LogP contribution in [-0.4, -0.2) is 40.8 Å². The minimum absolute atomic E-state index is 0.332. The molecule has 0 atom stereocenters. The summed E-state index contributed by atoms with van der Waals surface area (Å²) in [5.74, 6) is -38.8. The molecule has 1 aliphatic carbocycles. The highest BCUT2D eigenvalue weighted by atomic mass is 35.5. The highest BCUT2D eigenvalue weighted by Crippen LogP contribution is 2.75. The minimum Gasteiger partial charge on any atom is -0.507 e. The van der Waals surface area contributed by atoms with Gasteiger partial charge in [-0.2, -0.15) is 61.5 Å². The fraction of sp³-hybridized carbons (Fsp3) is 0.438. The molecule has 0 aromatic heterocycles. The highest BCUT2D eigenvalue weighted by Gasteiger charge is 3.06. The number of ketones is 1. The largest absolute Gasteiger partial charge is 0.507 e. The van der Waals surface area contributed by atoms with Crippen LogP contribution in [0.1, 0.15) is 11.1 Å². The maximum atomic E-state index is 14.0. The van der Waals surface area contributed by atoms with Gasteiger partial charge in [0.1, 0.15) is 11.6 Å². The molecular weight excluding hydrogens is 545 g/mol. The molecule has 0 amide bonds. The summed E-state index contributed by atoms with van der Waals surface area (Å²) < 4.78 is 202. The third kappa shape index (κ3) is 3.17. The predicted octanol–water partition coefficient (Wildman–Crippen LogP) is 7.07. The zero-order chi connectivity index (χ0) is 27.1. The molecule has 2 nitrogen and oxygen atoms in total. The second-order valence-corrected chi connectivity index (χ2v) is 7.16. The molecule has 0 saturated heterocycles. The molecular formula is C16H4ClF15O2. The second-order valence-electron chi connectivity index (χ2n) is 6.75. The van der Waals surface area contributed by atoms with Crippen LogP contribution >= 0.6 is 11.6 Å². The average Bonchev–Trinajstić information content (AvgIpc) is 2.66. The van der Waals surface area contributed by atoms with Crippen molar-refractivity contribution in [1.29, 1.82) is 0 Å². The van der Waals surface area contributed by atoms with E-state index in [0.717, 1.165) is 0 Å². The van der Waals surface area contributed by atoms with Crippen molar-refractivity contribution < 1.29 is 75.8 Å². The maximum Gasteiger partial charge on any atom is 0.417 e. The SMILES string of the molecule is O=C(/C=C(\O)c1cc(F)c(Cl)cc1C(F)(F)F)C1(C(F)(F)F)C(F)(F)C(F)(F)C(F)(F)C1(F)F. The first-order valence-corrected chi connectivity index (χ1v) is 8.31. The van der Waals surface area contributed by atoms with E-state index >= 15 is 0 Å². The van der Waals surface area contributed by atoms with Gasteiger partial charge in [0, 0.05) is 11.6 Å². The Morgan fingerprint density at radius 3 is 1.59 bits per heavy atom. The summed E-state index contributed by atoms with van der Waals surface area (Å²) in [6, 6.07) is -0.764. The van der Waals surface area contributed by atoms with E-state index in [-0.39, 0.29) is 6.07 Å². The van der Waals surface area contributed by atoms with Crippen LogP contribution in [0.5, 0.6) is 0 Å². The second kappa shape index (κ2) is 7.34. The van der Waals surface area contributed by atoms with Crippen molar-refractivity contribution in [2.45, 2.75) is 36.0 Å². The van der Waals surface area contributed by atoms with Crippen LogP contribution < -0.4 is 0 Å². The van der Waals surface area contributed by atoms with Crippen LogP contribution in [0.2, 0.25) is 5.02 Å². The van der Waals surface area contributed by atoms with Crippen LogP contribution in [-0.2, 0) is 11.0 Å². The Morgan fingerprint density at radius 2 is 1.24 bits per heavy atom. The summed E-state index contributed by atoms with van der Waals surface area (Å²) in [4.78, 5) is 11.9. The normalized spacial score (nSPS) is 23.1. The number of aliphatic hydroxyl groups excluding tert-OH is 1. The van der Waals surface area contributed by atoms with E-state index in [0.29, 0.717) is 0 Å². The van der Waals surface area contributed by atoms with Gasteiger partial charge in [0.15, 0.2) is 5.78 Å². The molecule has 0 heterocycles. The molecule has 1 N–H and O–H groups in total. The van der Waals surface area contributed by atoms with E-state index < -0.39 is 87.1 Å². The van der Waals surface area contributed by atoms with Gasteiger partial charge in [-0.05, 0) is 12.1 Å². The van der Waals surface area contributed by atoms with Crippen LogP contribution in [0.15, 0.2) is 18.2 Å². The van der Waals surface area contributed by atoms with Gasteiger partial charge in [-0.1, -0.05) is 11.6 Å². The monoisotopic (exact) mass is 548 g/mol. The Balaban J connectivity index is 2.92. The molecule has 1 aliphatic rings. The van der Waals surface area contributed by atoms with E-state index in [1.165, 1.54) is 0 Å². The smallest absolute Gasteiger partial charge is 0.417 e. The molecule has 1 aromatic rings. The number of halogens is 16. The predicted molar refractivity (Wildman–Crippen MR) is 80.3 cm³/mol. The van der Waals surface area contributed by atoms with Crippen LogP contribution in [0.4, 0.5) is 65.9 Å². The number of benzene rings is 1. The van der Waals surface area contributed by atoms with Crippen molar-refractivity contribution in [2.24, 2.45) is 5.41 Å². The number of rotatable bonds is 3. The Labute approximate surface area is 181 Å². The third-order valence-corrected chi connectivity index (χ3v) is 5.12. The lowest BCUT2D eigenvalue weighted by Crippen LogP contribution is -2.64. The Hall–Kier alpha value is -2.33. The van der Waals surface area contributed by atoms with Crippen molar-refractivity contribution in [3.8, 4) is 0 Å². The van der Waals surface area contributed by atoms with Crippen LogP contribution in [0.3, 0.4) is 0 Å². The number of carbonyl (C=O) groups is 1. The van der Waals surface area contributed by atoms with Gasteiger partial charge in [-0.25, -0.2) is 4.39 Å². The van der Waals surface area contributed by atoms with E-state index in [1.807, 2.05) is 0 Å². The number of alkyl halides is 14. The first-order valence-electron chi connectivity index (χ1n) is 7.93. The van der Waals surface area contributed by atoms with Crippen LogP contribution in [0, 0.1) is 11.2 Å². The number of allylic oxidation sites excluding steroid dienone is 1. The quantitative estimate of drug-likeness (QED) is 0.249. The summed E-state index contributed by atoms with van der Waals surface area (Å²) >= 11 is 5.07. The lowest BCUT2D eigenvalue weighted by Gasteiger charge is -2.37. The number of hydrogen-bond acceptors (Lipinski definition) is 2. The van der Waals surface area contributed by atoms with Crippen LogP contribution in [0.25, 0.3) is 5.76 Å². The van der Waals surface area contributed by atoms with Crippen molar-refractivity contribution in [2.75, 3.05) is 0 Å². The molecule has 0 aliphatic heterocycles. The molecule has 1 saturated carbocycles. The summed E-state index contributed by atoms with van der Waals surface area (Å²) in [5, 5.41) is 8.25. The summed E-state index contributed by atoms with van der Waals surface area (Å²) in [7, 11) is 0. The summed E-state index contributed by atoms with van der Waals surface area (Å²) in [6.45, 7) is 0. The van der Waals surface area contributed by atoms with E-state index in [2.05, 4.69) is 0 Å². The molecule has 0 spiro atoms. The van der Waals surface area contributed by atoms with Crippen molar-refractivity contribution in [3.05, 3.63) is 40.2 Å². The fourth-order valence-corrected chi connectivity index (χ4v) is 3.33. The van der Waals surface area contributed by atoms with Gasteiger partial charge < -0.3 is 5.11 Å². The molecule has 2 rings (SSSR count). The molecule has 0 radical (unpaired) electrons. The van der Waals surface area contributed by atoms with Gasteiger partial charge >= 0.3 is 36.0 Å². The molecule has 0 bridgehead atoms. The fourth-order valence-electron chi connectivity index (χ4n) is 3.17. The summed E-state index contributed by atoms with van der Waals surface area (Å²) in [6.07, 6.45) is -14.8. The minimum atomic E-state index is -7.60. The molecule has 0 unspecified atom stereocenters. The van der Waals surface area contributed by atoms with Gasteiger partial charge in [0.25, 0.3) is 5.41 Å². The lowest BCUT2D eigenvalue weighted by atomic mass is 9.74. The van der Waals surface area contributed by atoms with Gasteiger partial charge in [0.05, 0.1) is 10.6 Å². The maximum absolute atomic E-state index is 14.0. The number of hydrogen-bond donors (Lipinski definition) is 1. The Bertz CT molecular complexity index is 1030. The first-order chi connectivity index (χ1) is 14.8. The molecule has 1 aromatic carbocycles. The zero-order valence-corrected chi connectivity index (χ0v) is 15.9. The molecule has 34 heavy (non-hydrogen) atoms. The molecule has 192 valence electrons. The zero-order valence-electron chi connectivity index (χ0n) is 15.1. The van der Waals surface area contributed by atoms with E-state index in [9.17, 15) is 75.8 Å². The number of aliphatic hydroxyl groups is 1. The van der Waals surface area contributed by atoms with Crippen molar-refractivity contribution >= 4 is 23.1 Å². The van der Waals surface area contributed by atoms with Gasteiger partial charge in [-0.3, -0.25) is 4.79 Å². The summed E-state index contributed by atoms with van der Waals surface area (Å²) in [5.41, 5.74) is -11.6. The van der Waals surface area contributed by atoms with E-state index in [4.69, 9.17) is 11.6 Å². The molecule has 18 heteroatoms. The standard InChI is InChI=1S/C16H4ClF15O2/c17-6-2-5(11(19,20)21)4(1-7(6)18)8(33)3-9(34)10(16(30,31)32)12(22,23)14(26,27)15(28,29)13(10,24)25/h1-3,33H/b8-3-.